The number of imidazole rings is 1. The van der Waals surface area contributed by atoms with E-state index in [-0.39, 0.29) is 6.04 Å². The van der Waals surface area contributed by atoms with Gasteiger partial charge in [0.2, 0.25) is 0 Å². The van der Waals surface area contributed by atoms with Crippen LogP contribution in [0.1, 0.15) is 34.3 Å². The molecule has 0 bridgehead atoms. The maximum absolute atomic E-state index is 10.3. The summed E-state index contributed by atoms with van der Waals surface area (Å²) in [5, 5.41) is 11.5. The molecule has 3 heterocycles. The largest absolute Gasteiger partial charge is 0.508 e. The van der Waals surface area contributed by atoms with Gasteiger partial charge in [0.1, 0.15) is 5.75 Å². The molecule has 0 spiro atoms. The molecule has 0 amide bonds. The fourth-order valence-corrected chi connectivity index (χ4v) is 4.14. The normalized spacial score (nSPS) is 17.3. The molecule has 1 aliphatic heterocycles. The van der Waals surface area contributed by atoms with Gasteiger partial charge in [0.05, 0.1) is 18.1 Å². The summed E-state index contributed by atoms with van der Waals surface area (Å²) in [4.78, 5) is 13.9. The van der Waals surface area contributed by atoms with Crippen molar-refractivity contribution in [3.05, 3.63) is 83.1 Å². The second kappa shape index (κ2) is 6.28. The van der Waals surface area contributed by atoms with E-state index < -0.39 is 0 Å². The number of benzene rings is 2. The van der Waals surface area contributed by atoms with E-state index in [1.54, 1.807) is 12.4 Å². The third-order valence-electron chi connectivity index (χ3n) is 5.48. The molecule has 5 rings (SSSR count). The first-order chi connectivity index (χ1) is 13.2. The van der Waals surface area contributed by atoms with E-state index in [0.29, 0.717) is 12.3 Å². The Hall–Kier alpha value is -3.05. The minimum Gasteiger partial charge on any atom is -0.508 e. The van der Waals surface area contributed by atoms with Gasteiger partial charge in [-0.05, 0) is 30.5 Å². The van der Waals surface area contributed by atoms with Gasteiger partial charge in [-0.2, -0.15) is 0 Å². The average molecular weight is 358 g/mol. The minimum atomic E-state index is 0.0345. The zero-order valence-corrected chi connectivity index (χ0v) is 15.2. The summed E-state index contributed by atoms with van der Waals surface area (Å²) in [5.74, 6) is 0.351. The lowest BCUT2D eigenvalue weighted by atomic mass is 9.98. The van der Waals surface area contributed by atoms with Crippen LogP contribution in [0.25, 0.3) is 10.9 Å². The number of para-hydroxylation sites is 1. The molecule has 5 heteroatoms. The number of phenols is 1. The van der Waals surface area contributed by atoms with Crippen molar-refractivity contribution in [2.45, 2.75) is 25.9 Å². The summed E-state index contributed by atoms with van der Waals surface area (Å²) in [6.07, 6.45) is 2.71. The van der Waals surface area contributed by atoms with Gasteiger partial charge in [0.15, 0.2) is 0 Å². The van der Waals surface area contributed by atoms with Gasteiger partial charge >= 0.3 is 0 Å². The van der Waals surface area contributed by atoms with Crippen LogP contribution in [0.3, 0.4) is 0 Å². The Morgan fingerprint density at radius 1 is 1.19 bits per heavy atom. The van der Waals surface area contributed by atoms with Gasteiger partial charge in [-0.3, -0.25) is 4.90 Å². The second-order valence-electron chi connectivity index (χ2n) is 7.33. The molecule has 5 nitrogen and oxygen atoms in total. The molecule has 1 atom stereocenters. The van der Waals surface area contributed by atoms with E-state index in [1.165, 1.54) is 11.1 Å². The molecule has 0 saturated heterocycles. The van der Waals surface area contributed by atoms with Crippen LogP contribution in [0.5, 0.6) is 5.75 Å². The number of rotatable bonds is 3. The van der Waals surface area contributed by atoms with Crippen LogP contribution in [0.2, 0.25) is 0 Å². The Bertz CT molecular complexity index is 1080. The molecule has 0 radical (unpaired) electrons. The lowest BCUT2D eigenvalue weighted by molar-refractivity contribution is 0.195. The van der Waals surface area contributed by atoms with Crippen molar-refractivity contribution in [1.29, 1.82) is 0 Å². The lowest BCUT2D eigenvalue weighted by Gasteiger charge is -2.34. The van der Waals surface area contributed by atoms with Gasteiger partial charge < -0.3 is 15.1 Å². The zero-order chi connectivity index (χ0) is 18.4. The molecular weight excluding hydrogens is 336 g/mol. The number of aromatic nitrogens is 3. The number of aromatic hydroxyl groups is 1. The Morgan fingerprint density at radius 3 is 2.96 bits per heavy atom. The summed E-state index contributed by atoms with van der Waals surface area (Å²) in [6, 6.07) is 16.4. The number of nitrogens with zero attached hydrogens (tertiary/aromatic N) is 2. The van der Waals surface area contributed by atoms with Crippen molar-refractivity contribution in [3.63, 3.8) is 0 Å². The van der Waals surface area contributed by atoms with E-state index in [0.717, 1.165) is 41.0 Å². The predicted molar refractivity (Wildman–Crippen MR) is 106 cm³/mol. The molecule has 0 unspecified atom stereocenters. The topological polar surface area (TPSA) is 67.9 Å². The number of hydrogen-bond donors (Lipinski definition) is 3. The maximum Gasteiger partial charge on any atom is 0.120 e. The van der Waals surface area contributed by atoms with Crippen molar-refractivity contribution in [3.8, 4) is 5.75 Å². The third-order valence-corrected chi connectivity index (χ3v) is 5.48. The molecule has 27 heavy (non-hydrogen) atoms. The standard InChI is InChI=1S/C22H22N4O/c1-14-6-7-20(27)16(10-14)12-26-9-8-18-21(24-13-23-18)22(26)19-11-15-4-2-3-5-17(15)25-19/h2-7,10-11,13,22,25,27H,8-9,12H2,1H3,(H,23,24)/t22-/m0/s1. The van der Waals surface area contributed by atoms with Crippen LogP contribution >= 0.6 is 0 Å². The van der Waals surface area contributed by atoms with Crippen LogP contribution in [0.4, 0.5) is 0 Å². The molecule has 2 aromatic heterocycles. The van der Waals surface area contributed by atoms with Crippen LogP contribution in [-0.4, -0.2) is 31.5 Å². The number of H-pyrrole nitrogens is 2. The fraction of sp³-hybridized carbons (Fsp3) is 0.227. The molecule has 0 fully saturated rings. The van der Waals surface area contributed by atoms with Gasteiger partial charge in [-0.15, -0.1) is 0 Å². The molecule has 3 N–H and O–H groups in total. The van der Waals surface area contributed by atoms with Crippen molar-refractivity contribution >= 4 is 10.9 Å². The Kier molecular flexibility index (Phi) is 3.76. The van der Waals surface area contributed by atoms with E-state index in [9.17, 15) is 5.11 Å². The van der Waals surface area contributed by atoms with Crippen LogP contribution in [0.15, 0.2) is 54.9 Å². The highest BCUT2D eigenvalue weighted by Gasteiger charge is 2.32. The second-order valence-corrected chi connectivity index (χ2v) is 7.33. The Labute approximate surface area is 157 Å². The van der Waals surface area contributed by atoms with Crippen LogP contribution in [-0.2, 0) is 13.0 Å². The maximum atomic E-state index is 10.3. The van der Waals surface area contributed by atoms with Crippen molar-refractivity contribution in [2.75, 3.05) is 6.54 Å². The van der Waals surface area contributed by atoms with Crippen molar-refractivity contribution in [2.24, 2.45) is 0 Å². The van der Waals surface area contributed by atoms with Gasteiger partial charge in [-0.1, -0.05) is 35.9 Å². The highest BCUT2D eigenvalue weighted by molar-refractivity contribution is 5.80. The Morgan fingerprint density at radius 2 is 2.07 bits per heavy atom. The van der Waals surface area contributed by atoms with E-state index in [1.807, 2.05) is 12.1 Å². The summed E-state index contributed by atoms with van der Waals surface area (Å²) in [7, 11) is 0. The molecular formula is C22H22N4O. The Balaban J connectivity index is 1.58. The van der Waals surface area contributed by atoms with Gasteiger partial charge in [0.25, 0.3) is 0 Å². The molecule has 0 saturated carbocycles. The quantitative estimate of drug-likeness (QED) is 0.517. The molecule has 1 aliphatic rings. The number of fused-ring (bicyclic) bond motifs is 2. The van der Waals surface area contributed by atoms with E-state index in [2.05, 4.69) is 57.1 Å². The van der Waals surface area contributed by atoms with Crippen LogP contribution in [0, 0.1) is 6.92 Å². The predicted octanol–water partition coefficient (Wildman–Crippen LogP) is 4.05. The van der Waals surface area contributed by atoms with Crippen molar-refractivity contribution < 1.29 is 5.11 Å². The first-order valence-electron chi connectivity index (χ1n) is 9.31. The van der Waals surface area contributed by atoms with Gasteiger partial charge in [-0.25, -0.2) is 4.98 Å². The van der Waals surface area contributed by atoms with E-state index in [4.69, 9.17) is 0 Å². The van der Waals surface area contributed by atoms with E-state index >= 15 is 0 Å². The number of nitrogens with one attached hydrogen (secondary N) is 2. The first-order valence-corrected chi connectivity index (χ1v) is 9.31. The number of aromatic amines is 2. The lowest BCUT2D eigenvalue weighted by Crippen LogP contribution is -2.36. The minimum absolute atomic E-state index is 0.0345. The summed E-state index contributed by atoms with van der Waals surface area (Å²) < 4.78 is 0. The smallest absolute Gasteiger partial charge is 0.120 e. The molecule has 4 aromatic rings. The fourth-order valence-electron chi connectivity index (χ4n) is 4.14. The van der Waals surface area contributed by atoms with Crippen molar-refractivity contribution in [1.82, 2.24) is 19.9 Å². The highest BCUT2D eigenvalue weighted by atomic mass is 16.3. The highest BCUT2D eigenvalue weighted by Crippen LogP contribution is 2.36. The summed E-state index contributed by atoms with van der Waals surface area (Å²) in [5.41, 5.74) is 6.64. The third kappa shape index (κ3) is 2.80. The molecule has 2 aromatic carbocycles. The first kappa shape index (κ1) is 16.1. The number of hydrogen-bond acceptors (Lipinski definition) is 3. The monoisotopic (exact) mass is 358 g/mol. The molecule has 0 aliphatic carbocycles. The van der Waals surface area contributed by atoms with Crippen LogP contribution < -0.4 is 0 Å². The SMILES string of the molecule is Cc1ccc(O)c(CN2CCc3[nH]cnc3[C@@H]2c2cc3ccccc3[nH]2)c1. The summed E-state index contributed by atoms with van der Waals surface area (Å²) >= 11 is 0. The zero-order valence-electron chi connectivity index (χ0n) is 15.2. The number of aryl methyl sites for hydroxylation is 1. The molecule has 136 valence electrons. The van der Waals surface area contributed by atoms with Gasteiger partial charge in [0, 0.05) is 42.0 Å². The average Bonchev–Trinajstić information content (AvgIpc) is 3.31. The number of phenolic OH excluding ortho intramolecular Hbond substituents is 1. The summed E-state index contributed by atoms with van der Waals surface area (Å²) in [6.45, 7) is 3.64.